The van der Waals surface area contributed by atoms with Crippen LogP contribution in [0.2, 0.25) is 0 Å². The molecule has 18 heavy (non-hydrogen) atoms. The molecule has 0 saturated heterocycles. The molecule has 0 heterocycles. The van der Waals surface area contributed by atoms with Crippen LogP contribution < -0.4 is 5.73 Å². The molecule has 0 spiro atoms. The molecule has 112 valence electrons. The van der Waals surface area contributed by atoms with Gasteiger partial charge in [0.2, 0.25) is 0 Å². The molecule has 0 rings (SSSR count). The van der Waals surface area contributed by atoms with E-state index in [4.69, 9.17) is 10.5 Å². The summed E-state index contributed by atoms with van der Waals surface area (Å²) in [5.74, 6) is 1.46. The monoisotopic (exact) mass is 259 g/mol. The Labute approximate surface area is 116 Å². The minimum Gasteiger partial charge on any atom is -0.373 e. The van der Waals surface area contributed by atoms with Crippen molar-refractivity contribution in [2.75, 3.05) is 6.54 Å². The molecule has 2 nitrogen and oxygen atoms in total. The largest absolute Gasteiger partial charge is 0.373 e. The van der Waals surface area contributed by atoms with E-state index in [9.17, 15) is 0 Å². The van der Waals surface area contributed by atoms with Crippen molar-refractivity contribution >= 4 is 0 Å². The van der Waals surface area contributed by atoms with Gasteiger partial charge >= 0.3 is 0 Å². The molecule has 0 aliphatic rings. The summed E-state index contributed by atoms with van der Waals surface area (Å²) < 4.78 is 5.70. The maximum Gasteiger partial charge on any atom is 0.0602 e. The molecule has 0 amide bonds. The van der Waals surface area contributed by atoms with Crippen LogP contribution in [0.15, 0.2) is 0 Å². The van der Waals surface area contributed by atoms with Crippen molar-refractivity contribution in [3.63, 3.8) is 0 Å². The lowest BCUT2D eigenvalue weighted by Crippen LogP contribution is -2.28. The molecular weight excluding hydrogens is 222 g/mol. The first-order valence-corrected chi connectivity index (χ1v) is 7.48. The Balaban J connectivity index is 0. The van der Waals surface area contributed by atoms with Gasteiger partial charge in [-0.25, -0.2) is 0 Å². The van der Waals surface area contributed by atoms with E-state index in [1.54, 1.807) is 0 Å². The third-order valence-corrected chi connectivity index (χ3v) is 2.71. The zero-order valence-electron chi connectivity index (χ0n) is 14.0. The van der Waals surface area contributed by atoms with Gasteiger partial charge in [-0.2, -0.15) is 0 Å². The SMILES string of the molecule is CC(C)C(C)OC(C)(C)C.CC(C)CCCCN. The predicted molar refractivity (Wildman–Crippen MR) is 82.9 cm³/mol. The summed E-state index contributed by atoms with van der Waals surface area (Å²) in [5, 5.41) is 0. The molecule has 0 bridgehead atoms. The van der Waals surface area contributed by atoms with E-state index in [0.717, 1.165) is 12.5 Å². The molecule has 0 radical (unpaired) electrons. The quantitative estimate of drug-likeness (QED) is 0.707. The minimum absolute atomic E-state index is 0.00366. The molecule has 0 aliphatic heterocycles. The average molecular weight is 259 g/mol. The molecule has 0 fully saturated rings. The Kier molecular flexibility index (Phi) is 12.2. The van der Waals surface area contributed by atoms with Crippen LogP contribution in [0.3, 0.4) is 0 Å². The van der Waals surface area contributed by atoms with Crippen molar-refractivity contribution in [1.29, 1.82) is 0 Å². The topological polar surface area (TPSA) is 35.2 Å². The number of rotatable bonds is 6. The van der Waals surface area contributed by atoms with Gasteiger partial charge in [-0.15, -0.1) is 0 Å². The molecular formula is C16H37NO. The van der Waals surface area contributed by atoms with Crippen molar-refractivity contribution in [2.45, 2.75) is 86.4 Å². The molecule has 0 aromatic carbocycles. The van der Waals surface area contributed by atoms with E-state index in [0.29, 0.717) is 12.0 Å². The van der Waals surface area contributed by atoms with Crippen LogP contribution in [0, 0.1) is 11.8 Å². The van der Waals surface area contributed by atoms with E-state index in [1.807, 2.05) is 0 Å². The molecule has 0 aromatic rings. The lowest BCUT2D eigenvalue weighted by Gasteiger charge is -2.27. The Bertz CT molecular complexity index is 170. The highest BCUT2D eigenvalue weighted by molar-refractivity contribution is 4.64. The third kappa shape index (κ3) is 18.3. The van der Waals surface area contributed by atoms with Crippen molar-refractivity contribution in [2.24, 2.45) is 17.6 Å². The fourth-order valence-corrected chi connectivity index (χ4v) is 1.39. The highest BCUT2D eigenvalue weighted by Crippen LogP contribution is 2.15. The Morgan fingerprint density at radius 3 is 1.67 bits per heavy atom. The van der Waals surface area contributed by atoms with Crippen molar-refractivity contribution in [3.05, 3.63) is 0 Å². The molecule has 0 saturated carbocycles. The summed E-state index contributed by atoms with van der Waals surface area (Å²) in [7, 11) is 0. The number of hydrogen-bond donors (Lipinski definition) is 1. The van der Waals surface area contributed by atoms with Crippen molar-refractivity contribution < 1.29 is 4.74 Å². The zero-order valence-corrected chi connectivity index (χ0v) is 14.0. The van der Waals surface area contributed by atoms with Crippen molar-refractivity contribution in [3.8, 4) is 0 Å². The molecule has 0 aliphatic carbocycles. The van der Waals surface area contributed by atoms with Crippen LogP contribution >= 0.6 is 0 Å². The third-order valence-electron chi connectivity index (χ3n) is 2.71. The summed E-state index contributed by atoms with van der Waals surface area (Å²) in [6.45, 7) is 18.1. The second-order valence-electron chi connectivity index (χ2n) is 6.86. The maximum atomic E-state index is 5.70. The summed E-state index contributed by atoms with van der Waals surface area (Å²) in [6, 6.07) is 0. The average Bonchev–Trinajstić information content (AvgIpc) is 2.15. The minimum atomic E-state index is 0.00366. The molecule has 1 atom stereocenters. The second kappa shape index (κ2) is 10.8. The standard InChI is InChI=1S/C9H20O.C7H17N/c1-7(2)8(3)10-9(4,5)6;1-7(2)5-3-4-6-8/h7-8H,1-6H3;7H,3-6,8H2,1-2H3. The summed E-state index contributed by atoms with van der Waals surface area (Å²) >= 11 is 0. The van der Waals surface area contributed by atoms with Gasteiger partial charge in [0.05, 0.1) is 11.7 Å². The second-order valence-corrected chi connectivity index (χ2v) is 6.86. The van der Waals surface area contributed by atoms with Crippen LogP contribution in [0.5, 0.6) is 0 Å². The van der Waals surface area contributed by atoms with Gasteiger partial charge in [-0.05, 0) is 52.5 Å². The summed E-state index contributed by atoms with van der Waals surface area (Å²) in [6.07, 6.45) is 4.18. The van der Waals surface area contributed by atoms with E-state index in [1.165, 1.54) is 19.3 Å². The Morgan fingerprint density at radius 1 is 0.944 bits per heavy atom. The predicted octanol–water partition coefficient (Wildman–Crippen LogP) is 4.62. The smallest absolute Gasteiger partial charge is 0.0602 e. The van der Waals surface area contributed by atoms with Gasteiger partial charge in [0.1, 0.15) is 0 Å². The molecule has 0 aromatic heterocycles. The van der Waals surface area contributed by atoms with Gasteiger partial charge in [0.15, 0.2) is 0 Å². The van der Waals surface area contributed by atoms with E-state index in [2.05, 4.69) is 55.4 Å². The fraction of sp³-hybridized carbons (Fsp3) is 1.00. The number of unbranched alkanes of at least 4 members (excludes halogenated alkanes) is 1. The Hall–Kier alpha value is -0.0800. The van der Waals surface area contributed by atoms with Gasteiger partial charge in [0, 0.05) is 0 Å². The van der Waals surface area contributed by atoms with E-state index in [-0.39, 0.29) is 5.60 Å². The Morgan fingerprint density at radius 2 is 1.44 bits per heavy atom. The fourth-order valence-electron chi connectivity index (χ4n) is 1.39. The van der Waals surface area contributed by atoms with Crippen molar-refractivity contribution in [1.82, 2.24) is 0 Å². The van der Waals surface area contributed by atoms with E-state index < -0.39 is 0 Å². The van der Waals surface area contributed by atoms with Crippen LogP contribution in [-0.2, 0) is 4.74 Å². The highest BCUT2D eigenvalue weighted by Gasteiger charge is 2.16. The molecule has 2 N–H and O–H groups in total. The first-order valence-electron chi connectivity index (χ1n) is 7.48. The van der Waals surface area contributed by atoms with Crippen LogP contribution in [0.25, 0.3) is 0 Å². The molecule has 1 unspecified atom stereocenters. The van der Waals surface area contributed by atoms with E-state index >= 15 is 0 Å². The summed E-state index contributed by atoms with van der Waals surface area (Å²) in [5.41, 5.74) is 5.32. The molecule has 2 heteroatoms. The van der Waals surface area contributed by atoms with Crippen LogP contribution in [0.1, 0.15) is 74.7 Å². The van der Waals surface area contributed by atoms with Gasteiger partial charge in [-0.3, -0.25) is 0 Å². The van der Waals surface area contributed by atoms with Crippen LogP contribution in [-0.4, -0.2) is 18.2 Å². The normalized spacial score (nSPS) is 13.5. The zero-order chi connectivity index (χ0) is 14.8. The van der Waals surface area contributed by atoms with Gasteiger partial charge in [-0.1, -0.05) is 40.5 Å². The lowest BCUT2D eigenvalue weighted by atomic mass is 10.1. The van der Waals surface area contributed by atoms with Gasteiger partial charge < -0.3 is 10.5 Å². The lowest BCUT2D eigenvalue weighted by molar-refractivity contribution is -0.0698. The number of ether oxygens (including phenoxy) is 1. The first kappa shape index (κ1) is 20.2. The first-order chi connectivity index (χ1) is 8.10. The maximum absolute atomic E-state index is 5.70. The number of hydrogen-bond acceptors (Lipinski definition) is 2. The highest BCUT2D eigenvalue weighted by atomic mass is 16.5. The van der Waals surface area contributed by atoms with Gasteiger partial charge in [0.25, 0.3) is 0 Å². The van der Waals surface area contributed by atoms with Crippen LogP contribution in [0.4, 0.5) is 0 Å². The number of nitrogens with two attached hydrogens (primary N) is 1. The summed E-state index contributed by atoms with van der Waals surface area (Å²) in [4.78, 5) is 0.